The van der Waals surface area contributed by atoms with Gasteiger partial charge in [-0.2, -0.15) is 0 Å². The Morgan fingerprint density at radius 2 is 1.96 bits per heavy atom. The van der Waals surface area contributed by atoms with Crippen molar-refractivity contribution in [1.82, 2.24) is 15.4 Å². The van der Waals surface area contributed by atoms with Crippen molar-refractivity contribution in [1.29, 1.82) is 0 Å². The number of hydrogen-bond acceptors (Lipinski definition) is 4. The number of sulfonamides is 1. The Balaban J connectivity index is 2.10. The van der Waals surface area contributed by atoms with Gasteiger partial charge in [0.25, 0.3) is 5.92 Å². The molecule has 25 heavy (non-hydrogen) atoms. The van der Waals surface area contributed by atoms with Crippen LogP contribution in [0, 0.1) is 0 Å². The molecular formula is C16H23F2N3O3S. The summed E-state index contributed by atoms with van der Waals surface area (Å²) in [6, 6.07) is 5.28. The number of alkyl halides is 2. The lowest BCUT2D eigenvalue weighted by Gasteiger charge is -2.21. The zero-order valence-electron chi connectivity index (χ0n) is 14.4. The average Bonchev–Trinajstić information content (AvgIpc) is 2.83. The van der Waals surface area contributed by atoms with Gasteiger partial charge in [0.1, 0.15) is 0 Å². The van der Waals surface area contributed by atoms with E-state index in [0.717, 1.165) is 0 Å². The van der Waals surface area contributed by atoms with E-state index in [1.807, 2.05) is 0 Å². The molecule has 2 rings (SSSR count). The van der Waals surface area contributed by atoms with E-state index in [1.54, 1.807) is 39.0 Å². The maximum absolute atomic E-state index is 13.2. The lowest BCUT2D eigenvalue weighted by molar-refractivity contribution is -0.123. The van der Waals surface area contributed by atoms with Crippen molar-refractivity contribution in [2.45, 2.75) is 56.1 Å². The number of hydrogen-bond donors (Lipinski definition) is 3. The summed E-state index contributed by atoms with van der Waals surface area (Å²) in [4.78, 5) is 12.1. The molecule has 1 aromatic carbocycles. The maximum atomic E-state index is 13.2. The zero-order valence-corrected chi connectivity index (χ0v) is 15.2. The van der Waals surface area contributed by atoms with E-state index in [9.17, 15) is 22.0 Å². The van der Waals surface area contributed by atoms with Crippen LogP contribution in [-0.2, 0) is 21.4 Å². The lowest BCUT2D eigenvalue weighted by Crippen LogP contribution is -2.42. The molecule has 0 aromatic heterocycles. The van der Waals surface area contributed by atoms with Crippen molar-refractivity contribution in [3.63, 3.8) is 0 Å². The van der Waals surface area contributed by atoms with Gasteiger partial charge in [0.2, 0.25) is 15.9 Å². The Morgan fingerprint density at radius 3 is 2.52 bits per heavy atom. The predicted octanol–water partition coefficient (Wildman–Crippen LogP) is 1.38. The molecule has 0 radical (unpaired) electrons. The zero-order chi connectivity index (χ0) is 18.9. The fourth-order valence-electron chi connectivity index (χ4n) is 2.58. The number of rotatable bonds is 5. The van der Waals surface area contributed by atoms with E-state index in [1.165, 1.54) is 6.07 Å². The van der Waals surface area contributed by atoms with Crippen LogP contribution in [0.4, 0.5) is 8.78 Å². The minimum absolute atomic E-state index is 0.0509. The molecule has 1 fully saturated rings. The molecule has 6 nitrogen and oxygen atoms in total. The highest BCUT2D eigenvalue weighted by Gasteiger charge is 2.42. The highest BCUT2D eigenvalue weighted by molar-refractivity contribution is 7.89. The first-order valence-electron chi connectivity index (χ1n) is 7.90. The van der Waals surface area contributed by atoms with E-state index in [2.05, 4.69) is 15.4 Å². The summed E-state index contributed by atoms with van der Waals surface area (Å²) in [6.45, 7) is 4.57. The first kappa shape index (κ1) is 19.7. The maximum Gasteiger partial charge on any atom is 0.262 e. The van der Waals surface area contributed by atoms with Crippen molar-refractivity contribution in [3.8, 4) is 0 Å². The van der Waals surface area contributed by atoms with Crippen LogP contribution < -0.4 is 15.4 Å². The van der Waals surface area contributed by atoms with Crippen molar-refractivity contribution in [2.75, 3.05) is 6.54 Å². The summed E-state index contributed by atoms with van der Waals surface area (Å²) >= 11 is 0. The highest BCUT2D eigenvalue weighted by atomic mass is 32.2. The quantitative estimate of drug-likeness (QED) is 0.726. The molecule has 1 atom stereocenters. The largest absolute Gasteiger partial charge is 0.351 e. The van der Waals surface area contributed by atoms with Crippen molar-refractivity contribution in [2.24, 2.45) is 0 Å². The number of carbonyl (C=O) groups excluding carboxylic acids is 1. The molecule has 1 aliphatic rings. The molecule has 1 aliphatic heterocycles. The van der Waals surface area contributed by atoms with E-state index in [-0.39, 0.29) is 11.4 Å². The second-order valence-electron chi connectivity index (χ2n) is 7.17. The average molecular weight is 375 g/mol. The highest BCUT2D eigenvalue weighted by Crippen LogP contribution is 2.25. The van der Waals surface area contributed by atoms with Gasteiger partial charge in [0.15, 0.2) is 0 Å². The Hall–Kier alpha value is -1.58. The minimum Gasteiger partial charge on any atom is -0.351 e. The van der Waals surface area contributed by atoms with Crippen LogP contribution in [0.15, 0.2) is 29.2 Å². The first-order valence-corrected chi connectivity index (χ1v) is 9.39. The van der Waals surface area contributed by atoms with Crippen LogP contribution in [0.2, 0.25) is 0 Å². The molecule has 0 saturated carbocycles. The van der Waals surface area contributed by atoms with E-state index in [4.69, 9.17) is 0 Å². The van der Waals surface area contributed by atoms with Crippen LogP contribution in [0.3, 0.4) is 0 Å². The standard InChI is InChI=1S/C16H23F2N3O3S/c1-15(2,3)21-25(23,24)13-7-5-4-6-11(13)9-19-14(22)12-8-16(17,18)10-20-12/h4-7,12,20-21H,8-10H2,1-3H3,(H,19,22). The molecule has 1 unspecified atom stereocenters. The van der Waals surface area contributed by atoms with Crippen LogP contribution >= 0.6 is 0 Å². The third-order valence-corrected chi connectivity index (χ3v) is 5.44. The van der Waals surface area contributed by atoms with Crippen LogP contribution in [-0.4, -0.2) is 38.4 Å². The summed E-state index contributed by atoms with van der Waals surface area (Å²) in [7, 11) is -3.77. The number of benzene rings is 1. The van der Waals surface area contributed by atoms with Gasteiger partial charge in [0.05, 0.1) is 17.5 Å². The van der Waals surface area contributed by atoms with Gasteiger partial charge in [-0.1, -0.05) is 18.2 Å². The molecule has 1 aromatic rings. The van der Waals surface area contributed by atoms with Crippen LogP contribution in [0.25, 0.3) is 0 Å². The smallest absolute Gasteiger partial charge is 0.262 e. The predicted molar refractivity (Wildman–Crippen MR) is 89.7 cm³/mol. The van der Waals surface area contributed by atoms with Crippen LogP contribution in [0.5, 0.6) is 0 Å². The molecule has 9 heteroatoms. The summed E-state index contributed by atoms with van der Waals surface area (Å²) in [6.07, 6.45) is -0.565. The normalized spacial score (nSPS) is 20.4. The number of amides is 1. The summed E-state index contributed by atoms with van der Waals surface area (Å²) < 4.78 is 53.9. The topological polar surface area (TPSA) is 87.3 Å². The van der Waals surface area contributed by atoms with Crippen molar-refractivity contribution < 1.29 is 22.0 Å². The fourth-order valence-corrected chi connectivity index (χ4v) is 4.24. The van der Waals surface area contributed by atoms with Gasteiger partial charge >= 0.3 is 0 Å². The molecule has 1 heterocycles. The fraction of sp³-hybridized carbons (Fsp3) is 0.562. The molecule has 1 saturated heterocycles. The van der Waals surface area contributed by atoms with Gasteiger partial charge in [-0.05, 0) is 32.4 Å². The van der Waals surface area contributed by atoms with Gasteiger partial charge < -0.3 is 5.32 Å². The summed E-state index contributed by atoms with van der Waals surface area (Å²) in [5.74, 6) is -3.48. The first-order chi connectivity index (χ1) is 11.4. The van der Waals surface area contributed by atoms with E-state index in [0.29, 0.717) is 5.56 Å². The molecule has 0 bridgehead atoms. The third-order valence-electron chi connectivity index (χ3n) is 3.58. The Bertz CT molecular complexity index is 745. The molecule has 1 amide bonds. The Labute approximate surface area is 146 Å². The van der Waals surface area contributed by atoms with Gasteiger partial charge in [0, 0.05) is 18.5 Å². The van der Waals surface area contributed by atoms with Gasteiger partial charge in [-0.3, -0.25) is 10.1 Å². The molecular weight excluding hydrogens is 352 g/mol. The van der Waals surface area contributed by atoms with Crippen molar-refractivity contribution in [3.05, 3.63) is 29.8 Å². The molecule has 0 aliphatic carbocycles. The molecule has 0 spiro atoms. The van der Waals surface area contributed by atoms with Gasteiger partial charge in [-0.25, -0.2) is 21.9 Å². The lowest BCUT2D eigenvalue weighted by atomic mass is 10.1. The molecule has 3 N–H and O–H groups in total. The Morgan fingerprint density at radius 1 is 1.32 bits per heavy atom. The van der Waals surface area contributed by atoms with E-state index < -0.39 is 46.4 Å². The van der Waals surface area contributed by atoms with Gasteiger partial charge in [-0.15, -0.1) is 0 Å². The Kier molecular flexibility index (Phi) is 5.50. The number of carbonyl (C=O) groups is 1. The van der Waals surface area contributed by atoms with Crippen molar-refractivity contribution >= 4 is 15.9 Å². The molecule has 140 valence electrons. The summed E-state index contributed by atoms with van der Waals surface area (Å²) in [5, 5.41) is 4.99. The van der Waals surface area contributed by atoms with Crippen LogP contribution in [0.1, 0.15) is 32.8 Å². The number of halogens is 2. The summed E-state index contributed by atoms with van der Waals surface area (Å²) in [5.41, 5.74) is -0.272. The number of nitrogens with one attached hydrogen (secondary N) is 3. The SMILES string of the molecule is CC(C)(C)NS(=O)(=O)c1ccccc1CNC(=O)C1CC(F)(F)CN1. The second kappa shape index (κ2) is 6.97. The van der Waals surface area contributed by atoms with E-state index >= 15 is 0 Å². The third kappa shape index (κ3) is 5.45. The minimum atomic E-state index is -3.77. The monoisotopic (exact) mass is 375 g/mol. The second-order valence-corrected chi connectivity index (χ2v) is 8.83.